The molecule has 152 valence electrons. The van der Waals surface area contributed by atoms with Gasteiger partial charge in [0.1, 0.15) is 10.7 Å². The summed E-state index contributed by atoms with van der Waals surface area (Å²) in [4.78, 5) is 16.0. The van der Waals surface area contributed by atoms with Crippen molar-refractivity contribution in [3.63, 3.8) is 0 Å². The summed E-state index contributed by atoms with van der Waals surface area (Å²) in [5.41, 5.74) is 7.03. The molecule has 8 heteroatoms. The summed E-state index contributed by atoms with van der Waals surface area (Å²) in [6, 6.07) is 6.65. The lowest BCUT2D eigenvalue weighted by Gasteiger charge is -2.08. The van der Waals surface area contributed by atoms with Gasteiger partial charge in [0.05, 0.1) is 11.4 Å². The molecule has 0 fully saturated rings. The maximum absolute atomic E-state index is 14.0. The van der Waals surface area contributed by atoms with Crippen LogP contribution in [0.5, 0.6) is 0 Å². The van der Waals surface area contributed by atoms with E-state index in [-0.39, 0.29) is 19.0 Å². The highest BCUT2D eigenvalue weighted by Crippen LogP contribution is 2.37. The van der Waals surface area contributed by atoms with Crippen molar-refractivity contribution in [1.82, 2.24) is 4.98 Å². The van der Waals surface area contributed by atoms with Gasteiger partial charge < -0.3 is 21.3 Å². The fraction of sp³-hybridized carbons (Fsp3) is 0.300. The number of carbonyl (C=O) groups is 1. The first kappa shape index (κ1) is 23.5. The molecular formula is C20H26FN3O3S. The molecule has 6 nitrogen and oxygen atoms in total. The number of carbonyl (C=O) groups excluding carboxylic acids is 1. The van der Waals surface area contributed by atoms with E-state index in [9.17, 15) is 9.18 Å². The molecule has 1 aromatic carbocycles. The molecule has 2 heterocycles. The summed E-state index contributed by atoms with van der Waals surface area (Å²) >= 11 is 1.26. The van der Waals surface area contributed by atoms with Crippen molar-refractivity contribution < 1.29 is 19.4 Å². The van der Waals surface area contributed by atoms with Gasteiger partial charge in [0, 0.05) is 35.7 Å². The van der Waals surface area contributed by atoms with Crippen LogP contribution in [0.1, 0.15) is 35.5 Å². The third-order valence-electron chi connectivity index (χ3n) is 3.41. The van der Waals surface area contributed by atoms with Crippen molar-refractivity contribution in [2.75, 3.05) is 18.5 Å². The van der Waals surface area contributed by atoms with E-state index in [1.807, 2.05) is 20.8 Å². The highest BCUT2D eigenvalue weighted by Gasteiger charge is 2.17. The molecule has 1 amide bonds. The number of fused-ring (bicyclic) bond motifs is 1. The third kappa shape index (κ3) is 6.26. The molecule has 0 saturated carbocycles. The molecular weight excluding hydrogens is 381 g/mol. The van der Waals surface area contributed by atoms with Gasteiger partial charge in [-0.1, -0.05) is 19.9 Å². The standard InChI is InChI=1S/C15H12FN3OS.C3H8O2.C2H6/c1-8-2-3-11(10(16)6-8)19-13-9-7-18-5-4-12(9)21-14(13)15(17)20;4-2-1-3-5;1-2/h2-7,19H,1H3,(H2,17,20);4-5H,1-3H2;1-2H3. The number of amides is 1. The Balaban J connectivity index is 0.000000490. The second kappa shape index (κ2) is 12.0. The Labute approximate surface area is 167 Å². The average molecular weight is 408 g/mol. The zero-order valence-corrected chi connectivity index (χ0v) is 17.0. The van der Waals surface area contributed by atoms with Crippen LogP contribution in [0, 0.1) is 12.7 Å². The van der Waals surface area contributed by atoms with E-state index in [0.717, 1.165) is 15.6 Å². The number of hydrogen-bond acceptors (Lipinski definition) is 6. The molecule has 0 bridgehead atoms. The minimum absolute atomic E-state index is 0.0938. The molecule has 2 aromatic heterocycles. The van der Waals surface area contributed by atoms with Gasteiger partial charge in [-0.15, -0.1) is 11.3 Å². The largest absolute Gasteiger partial charge is 0.396 e. The summed E-state index contributed by atoms with van der Waals surface area (Å²) in [6.45, 7) is 6.00. The topological polar surface area (TPSA) is 108 Å². The van der Waals surface area contributed by atoms with E-state index in [1.54, 1.807) is 30.6 Å². The van der Waals surface area contributed by atoms with Crippen LogP contribution < -0.4 is 11.1 Å². The van der Waals surface area contributed by atoms with Crippen LogP contribution in [-0.2, 0) is 0 Å². The van der Waals surface area contributed by atoms with Crippen molar-refractivity contribution in [1.29, 1.82) is 0 Å². The lowest BCUT2D eigenvalue weighted by Crippen LogP contribution is -2.11. The monoisotopic (exact) mass is 407 g/mol. The summed E-state index contributed by atoms with van der Waals surface area (Å²) in [5.74, 6) is -0.931. The molecule has 0 aliphatic carbocycles. The number of aliphatic hydroxyl groups excluding tert-OH is 2. The van der Waals surface area contributed by atoms with Gasteiger partial charge in [0.25, 0.3) is 5.91 Å². The highest BCUT2D eigenvalue weighted by atomic mass is 32.1. The van der Waals surface area contributed by atoms with Crippen LogP contribution in [0.25, 0.3) is 10.1 Å². The summed E-state index contributed by atoms with van der Waals surface area (Å²) < 4.78 is 14.9. The molecule has 0 aliphatic rings. The Kier molecular flexibility index (Phi) is 10.1. The van der Waals surface area contributed by atoms with E-state index < -0.39 is 5.91 Å². The first-order valence-corrected chi connectivity index (χ1v) is 9.70. The predicted molar refractivity (Wildman–Crippen MR) is 113 cm³/mol. The van der Waals surface area contributed by atoms with Gasteiger partial charge in [-0.3, -0.25) is 9.78 Å². The number of anilines is 2. The molecule has 28 heavy (non-hydrogen) atoms. The summed E-state index contributed by atoms with van der Waals surface area (Å²) in [6.07, 6.45) is 3.77. The fourth-order valence-electron chi connectivity index (χ4n) is 2.17. The van der Waals surface area contributed by atoms with Crippen LogP contribution in [0.15, 0.2) is 36.7 Å². The Morgan fingerprint density at radius 3 is 2.46 bits per heavy atom. The molecule has 0 aliphatic heterocycles. The van der Waals surface area contributed by atoms with Crippen molar-refractivity contribution in [3.05, 3.63) is 52.9 Å². The normalized spacial score (nSPS) is 9.79. The number of hydrogen-bond donors (Lipinski definition) is 4. The molecule has 5 N–H and O–H groups in total. The number of thiophene rings is 1. The fourth-order valence-corrected chi connectivity index (χ4v) is 3.14. The molecule has 0 saturated heterocycles. The first-order chi connectivity index (χ1) is 13.5. The number of halogens is 1. The van der Waals surface area contributed by atoms with Crippen LogP contribution in [0.3, 0.4) is 0 Å². The van der Waals surface area contributed by atoms with E-state index in [0.29, 0.717) is 22.7 Å². The number of nitrogens with zero attached hydrogens (tertiary/aromatic N) is 1. The quantitative estimate of drug-likeness (QED) is 0.512. The van der Waals surface area contributed by atoms with Crippen molar-refractivity contribution in [2.45, 2.75) is 27.2 Å². The summed E-state index contributed by atoms with van der Waals surface area (Å²) in [7, 11) is 0. The van der Waals surface area contributed by atoms with E-state index in [4.69, 9.17) is 15.9 Å². The molecule has 3 aromatic rings. The Morgan fingerprint density at radius 1 is 1.25 bits per heavy atom. The zero-order chi connectivity index (χ0) is 21.1. The van der Waals surface area contributed by atoms with Crippen LogP contribution in [0.4, 0.5) is 15.8 Å². The van der Waals surface area contributed by atoms with E-state index >= 15 is 0 Å². The van der Waals surface area contributed by atoms with Gasteiger partial charge in [0.15, 0.2) is 0 Å². The van der Waals surface area contributed by atoms with Gasteiger partial charge in [-0.05, 0) is 37.1 Å². The number of aromatic nitrogens is 1. The molecule has 3 rings (SSSR count). The Bertz CT molecular complexity index is 898. The Hall–Kier alpha value is -2.55. The van der Waals surface area contributed by atoms with Crippen LogP contribution in [0.2, 0.25) is 0 Å². The SMILES string of the molecule is CC.Cc1ccc(Nc2c(C(N)=O)sc3ccncc23)c(F)c1.OCCCO. The third-order valence-corrected chi connectivity index (χ3v) is 4.60. The molecule has 0 spiro atoms. The van der Waals surface area contributed by atoms with Crippen molar-refractivity contribution in [3.8, 4) is 0 Å². The van der Waals surface area contributed by atoms with Crippen molar-refractivity contribution >= 4 is 38.7 Å². The lowest BCUT2D eigenvalue weighted by molar-refractivity contribution is 0.100. The minimum Gasteiger partial charge on any atom is -0.396 e. The van der Waals surface area contributed by atoms with Crippen LogP contribution in [-0.4, -0.2) is 34.3 Å². The van der Waals surface area contributed by atoms with E-state index in [2.05, 4.69) is 10.3 Å². The molecule has 0 unspecified atom stereocenters. The van der Waals surface area contributed by atoms with Crippen molar-refractivity contribution in [2.24, 2.45) is 5.73 Å². The molecule has 0 radical (unpaired) electrons. The smallest absolute Gasteiger partial charge is 0.260 e. The second-order valence-corrected chi connectivity index (χ2v) is 6.50. The number of nitrogens with two attached hydrogens (primary N) is 1. The maximum Gasteiger partial charge on any atom is 0.260 e. The number of aryl methyl sites for hydroxylation is 1. The maximum atomic E-state index is 14.0. The second-order valence-electron chi connectivity index (χ2n) is 5.45. The zero-order valence-electron chi connectivity index (χ0n) is 16.2. The lowest BCUT2D eigenvalue weighted by atomic mass is 10.2. The average Bonchev–Trinajstić information content (AvgIpc) is 3.06. The Morgan fingerprint density at radius 2 is 1.93 bits per heavy atom. The number of pyridine rings is 1. The van der Waals surface area contributed by atoms with Gasteiger partial charge >= 0.3 is 0 Å². The number of aliphatic hydroxyl groups is 2. The molecule has 0 atom stereocenters. The first-order valence-electron chi connectivity index (χ1n) is 8.89. The predicted octanol–water partition coefficient (Wildman–Crippen LogP) is 3.97. The minimum atomic E-state index is -0.550. The number of rotatable bonds is 5. The van der Waals surface area contributed by atoms with E-state index in [1.165, 1.54) is 17.4 Å². The van der Waals surface area contributed by atoms with Gasteiger partial charge in [0.2, 0.25) is 0 Å². The number of nitrogens with one attached hydrogen (secondary N) is 1. The summed E-state index contributed by atoms with van der Waals surface area (Å²) in [5, 5.41) is 19.5. The highest BCUT2D eigenvalue weighted by molar-refractivity contribution is 7.21. The number of benzene rings is 1. The van der Waals surface area contributed by atoms with Gasteiger partial charge in [-0.25, -0.2) is 4.39 Å². The number of primary amides is 1. The van der Waals surface area contributed by atoms with Crippen LogP contribution >= 0.6 is 11.3 Å². The van der Waals surface area contributed by atoms with Gasteiger partial charge in [-0.2, -0.15) is 0 Å².